The van der Waals surface area contributed by atoms with Crippen LogP contribution in [0.5, 0.6) is 0 Å². The Balaban J connectivity index is 2.94. The summed E-state index contributed by atoms with van der Waals surface area (Å²) in [4.78, 5) is 11.7. The predicted octanol–water partition coefficient (Wildman–Crippen LogP) is 2.90. The standard InChI is InChI=1S/C12H15Cl2FN2O/c1-6(5-16)12(18)17-7(2)10-8(13)3-4-9(15)11(10)14/h3-4,6-7H,5,16H2,1-2H3,(H,17,18). The van der Waals surface area contributed by atoms with Crippen molar-refractivity contribution in [2.75, 3.05) is 6.54 Å². The van der Waals surface area contributed by atoms with Crippen molar-refractivity contribution in [3.05, 3.63) is 33.6 Å². The molecule has 0 heterocycles. The Morgan fingerprint density at radius 2 is 2.06 bits per heavy atom. The highest BCUT2D eigenvalue weighted by Gasteiger charge is 2.20. The van der Waals surface area contributed by atoms with Crippen LogP contribution in [0.25, 0.3) is 0 Å². The van der Waals surface area contributed by atoms with Crippen LogP contribution in [0.2, 0.25) is 10.0 Å². The second-order valence-corrected chi connectivity index (χ2v) is 4.91. The smallest absolute Gasteiger partial charge is 0.224 e. The molecule has 0 radical (unpaired) electrons. The van der Waals surface area contributed by atoms with E-state index in [4.69, 9.17) is 28.9 Å². The molecule has 0 spiro atoms. The minimum Gasteiger partial charge on any atom is -0.349 e. The normalized spacial score (nSPS) is 14.1. The fraction of sp³-hybridized carbons (Fsp3) is 0.417. The van der Waals surface area contributed by atoms with Crippen molar-refractivity contribution < 1.29 is 9.18 Å². The largest absolute Gasteiger partial charge is 0.349 e. The molecule has 18 heavy (non-hydrogen) atoms. The monoisotopic (exact) mass is 292 g/mol. The van der Waals surface area contributed by atoms with Crippen molar-refractivity contribution in [2.24, 2.45) is 11.7 Å². The van der Waals surface area contributed by atoms with Gasteiger partial charge in [0.2, 0.25) is 5.91 Å². The lowest BCUT2D eigenvalue weighted by Crippen LogP contribution is -2.35. The van der Waals surface area contributed by atoms with E-state index in [0.29, 0.717) is 10.6 Å². The summed E-state index contributed by atoms with van der Waals surface area (Å²) < 4.78 is 13.4. The second kappa shape index (κ2) is 6.36. The van der Waals surface area contributed by atoms with Crippen molar-refractivity contribution >= 4 is 29.1 Å². The number of halogens is 3. The number of amides is 1. The molecule has 2 unspecified atom stereocenters. The molecule has 6 heteroatoms. The van der Waals surface area contributed by atoms with Gasteiger partial charge in [0.05, 0.1) is 11.1 Å². The average Bonchev–Trinajstić information content (AvgIpc) is 2.33. The lowest BCUT2D eigenvalue weighted by atomic mass is 10.1. The highest BCUT2D eigenvalue weighted by atomic mass is 35.5. The zero-order chi connectivity index (χ0) is 13.9. The maximum atomic E-state index is 13.4. The van der Waals surface area contributed by atoms with Gasteiger partial charge >= 0.3 is 0 Å². The Morgan fingerprint density at radius 1 is 1.44 bits per heavy atom. The van der Waals surface area contributed by atoms with Gasteiger partial charge in [0.1, 0.15) is 5.82 Å². The summed E-state index contributed by atoms with van der Waals surface area (Å²) in [5.41, 5.74) is 5.77. The lowest BCUT2D eigenvalue weighted by molar-refractivity contribution is -0.124. The summed E-state index contributed by atoms with van der Waals surface area (Å²) in [6.07, 6.45) is 0. The molecule has 0 saturated heterocycles. The first-order valence-electron chi connectivity index (χ1n) is 5.52. The molecule has 0 saturated carbocycles. The third-order valence-electron chi connectivity index (χ3n) is 2.67. The minimum atomic E-state index is -0.566. The molecule has 1 amide bonds. The van der Waals surface area contributed by atoms with Crippen LogP contribution in [0.3, 0.4) is 0 Å². The zero-order valence-electron chi connectivity index (χ0n) is 10.1. The van der Waals surface area contributed by atoms with Gasteiger partial charge < -0.3 is 11.1 Å². The summed E-state index contributed by atoms with van der Waals surface area (Å²) in [7, 11) is 0. The highest BCUT2D eigenvalue weighted by molar-refractivity contribution is 6.36. The molecule has 3 N–H and O–H groups in total. The number of nitrogens with two attached hydrogens (primary N) is 1. The second-order valence-electron chi connectivity index (χ2n) is 4.12. The fourth-order valence-corrected chi connectivity index (χ4v) is 2.17. The molecule has 1 rings (SSSR count). The summed E-state index contributed by atoms with van der Waals surface area (Å²) in [5.74, 6) is -1.11. The van der Waals surface area contributed by atoms with Gasteiger partial charge in [-0.15, -0.1) is 0 Å². The van der Waals surface area contributed by atoms with E-state index in [1.165, 1.54) is 12.1 Å². The van der Waals surface area contributed by atoms with Crippen LogP contribution in [-0.2, 0) is 4.79 Å². The maximum Gasteiger partial charge on any atom is 0.224 e. The minimum absolute atomic E-state index is 0.0734. The molecule has 1 aromatic carbocycles. The van der Waals surface area contributed by atoms with Gasteiger partial charge in [-0.3, -0.25) is 4.79 Å². The van der Waals surface area contributed by atoms with E-state index in [1.54, 1.807) is 13.8 Å². The van der Waals surface area contributed by atoms with E-state index in [9.17, 15) is 9.18 Å². The van der Waals surface area contributed by atoms with Crippen molar-refractivity contribution in [1.82, 2.24) is 5.32 Å². The molecule has 0 fully saturated rings. The molecular weight excluding hydrogens is 278 g/mol. The summed E-state index contributed by atoms with van der Waals surface area (Å²) >= 11 is 11.8. The van der Waals surface area contributed by atoms with Crippen molar-refractivity contribution in [3.63, 3.8) is 0 Å². The van der Waals surface area contributed by atoms with E-state index < -0.39 is 11.9 Å². The molecule has 0 aliphatic heterocycles. The SMILES string of the molecule is CC(CN)C(=O)NC(C)c1c(Cl)ccc(F)c1Cl. The Hall–Kier alpha value is -0.840. The topological polar surface area (TPSA) is 55.1 Å². The summed E-state index contributed by atoms with van der Waals surface area (Å²) in [6.45, 7) is 3.63. The van der Waals surface area contributed by atoms with Crippen molar-refractivity contribution in [2.45, 2.75) is 19.9 Å². The van der Waals surface area contributed by atoms with E-state index >= 15 is 0 Å². The molecule has 0 aliphatic rings. The Labute approximate surface area is 115 Å². The molecule has 0 aromatic heterocycles. The van der Waals surface area contributed by atoms with Gasteiger partial charge in [-0.2, -0.15) is 0 Å². The molecule has 2 atom stereocenters. The van der Waals surface area contributed by atoms with Gasteiger partial charge in [0, 0.05) is 23.0 Å². The van der Waals surface area contributed by atoms with Crippen LogP contribution < -0.4 is 11.1 Å². The van der Waals surface area contributed by atoms with Gasteiger partial charge in [-0.25, -0.2) is 4.39 Å². The number of hydrogen-bond donors (Lipinski definition) is 2. The molecular formula is C12H15Cl2FN2O. The average molecular weight is 293 g/mol. The van der Waals surface area contributed by atoms with Crippen molar-refractivity contribution in [1.29, 1.82) is 0 Å². The van der Waals surface area contributed by atoms with E-state index in [-0.39, 0.29) is 23.4 Å². The molecule has 3 nitrogen and oxygen atoms in total. The van der Waals surface area contributed by atoms with Crippen LogP contribution in [0.4, 0.5) is 4.39 Å². The van der Waals surface area contributed by atoms with E-state index in [1.807, 2.05) is 0 Å². The molecule has 1 aromatic rings. The zero-order valence-corrected chi connectivity index (χ0v) is 11.6. The Morgan fingerprint density at radius 3 is 2.61 bits per heavy atom. The first-order chi connectivity index (χ1) is 8.38. The van der Waals surface area contributed by atoms with Crippen molar-refractivity contribution in [3.8, 4) is 0 Å². The lowest BCUT2D eigenvalue weighted by Gasteiger charge is -2.19. The first-order valence-corrected chi connectivity index (χ1v) is 6.27. The summed E-state index contributed by atoms with van der Waals surface area (Å²) in [6, 6.07) is 2.11. The van der Waals surface area contributed by atoms with Gasteiger partial charge in [-0.05, 0) is 19.1 Å². The van der Waals surface area contributed by atoms with Crippen LogP contribution >= 0.6 is 23.2 Å². The van der Waals surface area contributed by atoms with E-state index in [0.717, 1.165) is 0 Å². The van der Waals surface area contributed by atoms with Crippen LogP contribution in [0.1, 0.15) is 25.5 Å². The summed E-state index contributed by atoms with van der Waals surface area (Å²) in [5, 5.41) is 2.94. The number of hydrogen-bond acceptors (Lipinski definition) is 2. The van der Waals surface area contributed by atoms with Gasteiger partial charge in [0.15, 0.2) is 0 Å². The number of benzene rings is 1. The maximum absolute atomic E-state index is 13.4. The fourth-order valence-electron chi connectivity index (χ4n) is 1.47. The van der Waals surface area contributed by atoms with Crippen LogP contribution in [0, 0.1) is 11.7 Å². The number of carbonyl (C=O) groups excluding carboxylic acids is 1. The van der Waals surface area contributed by atoms with E-state index in [2.05, 4.69) is 5.32 Å². The third-order valence-corrected chi connectivity index (χ3v) is 3.39. The Kier molecular flexibility index (Phi) is 5.38. The molecule has 100 valence electrons. The van der Waals surface area contributed by atoms with Crippen LogP contribution in [-0.4, -0.2) is 12.5 Å². The Bertz CT molecular complexity index is 454. The number of nitrogens with one attached hydrogen (secondary N) is 1. The molecule has 0 bridgehead atoms. The quantitative estimate of drug-likeness (QED) is 0.839. The predicted molar refractivity (Wildman–Crippen MR) is 71.2 cm³/mol. The van der Waals surface area contributed by atoms with Gasteiger partial charge in [-0.1, -0.05) is 30.1 Å². The molecule has 0 aliphatic carbocycles. The van der Waals surface area contributed by atoms with Gasteiger partial charge in [0.25, 0.3) is 0 Å². The van der Waals surface area contributed by atoms with Crippen LogP contribution in [0.15, 0.2) is 12.1 Å². The highest BCUT2D eigenvalue weighted by Crippen LogP contribution is 2.32. The number of rotatable bonds is 4. The number of carbonyl (C=O) groups is 1. The third kappa shape index (κ3) is 3.34. The first kappa shape index (κ1) is 15.2.